The third-order valence-corrected chi connectivity index (χ3v) is 2.08. The number of aromatic nitrogens is 3. The second-order valence-corrected chi connectivity index (χ2v) is 3.78. The molecule has 0 aliphatic rings. The first-order valence-electron chi connectivity index (χ1n) is 4.92. The van der Waals surface area contributed by atoms with Gasteiger partial charge in [-0.15, -0.1) is 0 Å². The number of pyridine rings is 1. The van der Waals surface area contributed by atoms with Gasteiger partial charge in [-0.2, -0.15) is 13.2 Å². The van der Waals surface area contributed by atoms with E-state index in [2.05, 4.69) is 20.7 Å². The topological polar surface area (TPSA) is 105 Å². The molecule has 0 aliphatic heterocycles. The molecule has 0 fully saturated rings. The summed E-state index contributed by atoms with van der Waals surface area (Å²) in [5.74, 6) is 0.0369. The number of halogens is 4. The summed E-state index contributed by atoms with van der Waals surface area (Å²) in [4.78, 5) is 18.4. The van der Waals surface area contributed by atoms with Gasteiger partial charge in [0.05, 0.1) is 6.20 Å². The number of hydrogen-bond donors (Lipinski definition) is 3. The van der Waals surface area contributed by atoms with Gasteiger partial charge in [-0.3, -0.25) is 4.98 Å². The molecule has 2 aromatic rings. The molecule has 0 unspecified atom stereocenters. The minimum absolute atomic E-state index is 0.0369. The van der Waals surface area contributed by atoms with Gasteiger partial charge >= 0.3 is 12.3 Å². The summed E-state index contributed by atoms with van der Waals surface area (Å²) in [6, 6.07) is 2.96. The van der Waals surface area contributed by atoms with E-state index in [4.69, 9.17) is 21.5 Å². The van der Waals surface area contributed by atoms with E-state index >= 15 is 0 Å². The number of primary amides is 1. The first-order chi connectivity index (χ1) is 9.20. The van der Waals surface area contributed by atoms with Crippen molar-refractivity contribution < 1.29 is 23.1 Å². The second-order valence-electron chi connectivity index (χ2n) is 3.34. The molecule has 20 heavy (non-hydrogen) atoms. The van der Waals surface area contributed by atoms with Gasteiger partial charge in [0.2, 0.25) is 0 Å². The first-order valence-corrected chi connectivity index (χ1v) is 5.30. The molecule has 2 aromatic heterocycles. The number of nitrogens with zero attached hydrogens (tertiary/aromatic N) is 2. The third-order valence-electron chi connectivity index (χ3n) is 1.85. The summed E-state index contributed by atoms with van der Waals surface area (Å²) >= 11 is 5.69. The van der Waals surface area contributed by atoms with Crippen molar-refractivity contribution in [3.05, 3.63) is 35.2 Å². The fraction of sp³-hybridized carbons (Fsp3) is 0.100. The highest BCUT2D eigenvalue weighted by atomic mass is 35.5. The maximum Gasteiger partial charge on any atom is 0.432 e. The summed E-state index contributed by atoms with van der Waals surface area (Å²) < 4.78 is 36.8. The van der Waals surface area contributed by atoms with Crippen LogP contribution >= 0.6 is 11.6 Å². The van der Waals surface area contributed by atoms with Crippen molar-refractivity contribution in [3.63, 3.8) is 0 Å². The molecule has 0 spiro atoms. The quantitative estimate of drug-likeness (QED) is 0.753. The number of rotatable bonds is 1. The van der Waals surface area contributed by atoms with E-state index in [1.807, 2.05) is 0 Å². The standard InChI is InChI=1S/C9H5ClF3N3.CH3NO2/c10-5-1-2-14-6(3-5)8-15-4-7(16-8)9(11,12)13;2-1(3)4/h1-4H,(H,15,16);2H2,(H,3,4). The predicted octanol–water partition coefficient (Wildman–Crippen LogP) is 2.77. The number of hydrogen-bond acceptors (Lipinski definition) is 3. The number of H-pyrrole nitrogens is 1. The Balaban J connectivity index is 0.000000444. The van der Waals surface area contributed by atoms with Gasteiger partial charge in [0.15, 0.2) is 5.82 Å². The van der Waals surface area contributed by atoms with Crippen LogP contribution in [0.1, 0.15) is 5.69 Å². The number of nitrogens with two attached hydrogens (primary N) is 1. The van der Waals surface area contributed by atoms with Gasteiger partial charge in [0.25, 0.3) is 0 Å². The van der Waals surface area contributed by atoms with Gasteiger partial charge in [0, 0.05) is 11.2 Å². The molecule has 2 heterocycles. The summed E-state index contributed by atoms with van der Waals surface area (Å²) in [6.07, 6.45) is -3.66. The monoisotopic (exact) mass is 308 g/mol. The molecule has 6 nitrogen and oxygen atoms in total. The van der Waals surface area contributed by atoms with Crippen LogP contribution in [0.15, 0.2) is 24.5 Å². The van der Waals surface area contributed by atoms with Crippen molar-refractivity contribution >= 4 is 17.7 Å². The lowest BCUT2D eigenvalue weighted by molar-refractivity contribution is -0.140. The fourth-order valence-electron chi connectivity index (χ4n) is 1.13. The fourth-order valence-corrected chi connectivity index (χ4v) is 1.29. The van der Waals surface area contributed by atoms with Crippen LogP contribution in [0.25, 0.3) is 11.5 Å². The molecular weight excluding hydrogens is 301 g/mol. The molecule has 0 radical (unpaired) electrons. The molecule has 0 saturated heterocycles. The smallest absolute Gasteiger partial charge is 0.432 e. The van der Waals surface area contributed by atoms with Crippen molar-refractivity contribution in [2.45, 2.75) is 6.18 Å². The Morgan fingerprint density at radius 1 is 1.40 bits per heavy atom. The molecular formula is C10H8ClF3N4O2. The van der Waals surface area contributed by atoms with Crippen molar-refractivity contribution in [1.82, 2.24) is 15.0 Å². The normalized spacial score (nSPS) is 10.6. The Kier molecular flexibility index (Phi) is 4.92. The highest BCUT2D eigenvalue weighted by Crippen LogP contribution is 2.29. The van der Waals surface area contributed by atoms with Crippen LogP contribution in [0.2, 0.25) is 5.02 Å². The van der Waals surface area contributed by atoms with Crippen LogP contribution in [0.4, 0.5) is 18.0 Å². The molecule has 1 amide bonds. The molecule has 4 N–H and O–H groups in total. The van der Waals surface area contributed by atoms with Crippen LogP contribution in [0, 0.1) is 0 Å². The number of carboxylic acid groups (broad SMARTS) is 1. The lowest BCUT2D eigenvalue weighted by Crippen LogP contribution is -2.04. The number of amides is 1. The zero-order valence-electron chi connectivity index (χ0n) is 9.65. The predicted molar refractivity (Wildman–Crippen MR) is 64.0 cm³/mol. The minimum atomic E-state index is -4.44. The number of carbonyl (C=O) groups is 1. The van der Waals surface area contributed by atoms with E-state index in [0.29, 0.717) is 5.02 Å². The second kappa shape index (κ2) is 6.24. The third kappa shape index (κ3) is 4.76. The van der Waals surface area contributed by atoms with E-state index in [1.165, 1.54) is 18.3 Å². The molecule has 0 saturated carbocycles. The summed E-state index contributed by atoms with van der Waals surface area (Å²) in [5.41, 5.74) is 3.38. The Labute approximate surface area is 115 Å². The summed E-state index contributed by atoms with van der Waals surface area (Å²) in [6.45, 7) is 0. The Morgan fingerprint density at radius 3 is 2.45 bits per heavy atom. The van der Waals surface area contributed by atoms with Crippen molar-refractivity contribution in [1.29, 1.82) is 0 Å². The molecule has 10 heteroatoms. The zero-order valence-corrected chi connectivity index (χ0v) is 10.4. The highest BCUT2D eigenvalue weighted by molar-refractivity contribution is 6.30. The number of imidazole rings is 1. The Morgan fingerprint density at radius 2 is 2.00 bits per heavy atom. The van der Waals surface area contributed by atoms with Crippen LogP contribution in [-0.4, -0.2) is 26.2 Å². The van der Waals surface area contributed by atoms with Crippen LogP contribution < -0.4 is 5.73 Å². The average Bonchev–Trinajstić information content (AvgIpc) is 2.76. The van der Waals surface area contributed by atoms with Gasteiger partial charge in [0.1, 0.15) is 11.4 Å². The first kappa shape index (κ1) is 15.8. The molecule has 0 atom stereocenters. The minimum Gasteiger partial charge on any atom is -0.465 e. The van der Waals surface area contributed by atoms with E-state index < -0.39 is 18.0 Å². The van der Waals surface area contributed by atoms with Crippen molar-refractivity contribution in [2.24, 2.45) is 5.73 Å². The maximum atomic E-state index is 12.3. The van der Waals surface area contributed by atoms with E-state index in [0.717, 1.165) is 6.20 Å². The lowest BCUT2D eigenvalue weighted by Gasteiger charge is -2.01. The van der Waals surface area contributed by atoms with Crippen molar-refractivity contribution in [2.75, 3.05) is 0 Å². The number of nitrogens with one attached hydrogen (secondary N) is 1. The molecule has 0 aromatic carbocycles. The Bertz CT molecular complexity index is 596. The van der Waals surface area contributed by atoms with Gasteiger partial charge in [-0.1, -0.05) is 11.6 Å². The summed E-state index contributed by atoms with van der Waals surface area (Å²) in [5, 5.41) is 7.58. The molecule has 0 aliphatic carbocycles. The van der Waals surface area contributed by atoms with Crippen LogP contribution in [0.3, 0.4) is 0 Å². The highest BCUT2D eigenvalue weighted by Gasteiger charge is 2.33. The van der Waals surface area contributed by atoms with Gasteiger partial charge < -0.3 is 15.8 Å². The van der Waals surface area contributed by atoms with Crippen molar-refractivity contribution in [3.8, 4) is 11.5 Å². The molecule has 108 valence electrons. The average molecular weight is 309 g/mol. The SMILES string of the molecule is FC(F)(F)c1cnc(-c2cc(Cl)ccn2)[nH]1.NC(=O)O. The number of alkyl halides is 3. The van der Waals surface area contributed by atoms with E-state index in [9.17, 15) is 13.2 Å². The van der Waals surface area contributed by atoms with E-state index in [1.54, 1.807) is 0 Å². The largest absolute Gasteiger partial charge is 0.465 e. The molecule has 0 bridgehead atoms. The van der Waals surface area contributed by atoms with Gasteiger partial charge in [-0.25, -0.2) is 9.78 Å². The van der Waals surface area contributed by atoms with E-state index in [-0.39, 0.29) is 11.5 Å². The lowest BCUT2D eigenvalue weighted by atomic mass is 10.3. The van der Waals surface area contributed by atoms with Crippen LogP contribution in [0.5, 0.6) is 0 Å². The zero-order chi connectivity index (χ0) is 15.3. The maximum absolute atomic E-state index is 12.3. The summed E-state index contributed by atoms with van der Waals surface area (Å²) in [7, 11) is 0. The van der Waals surface area contributed by atoms with Gasteiger partial charge in [-0.05, 0) is 12.1 Å². The number of aromatic amines is 1. The molecule has 2 rings (SSSR count). The van der Waals surface area contributed by atoms with Crippen LogP contribution in [-0.2, 0) is 6.18 Å². The Hall–Kier alpha value is -2.29.